The topological polar surface area (TPSA) is 233 Å². The van der Waals surface area contributed by atoms with Crippen molar-refractivity contribution < 1.29 is 72.9 Å². The molecule has 1 saturated heterocycles. The summed E-state index contributed by atoms with van der Waals surface area (Å²) in [6.45, 7) is 12.4. The Hall–Kier alpha value is -3.34. The lowest BCUT2D eigenvalue weighted by molar-refractivity contribution is -0.181. The van der Waals surface area contributed by atoms with E-state index in [2.05, 4.69) is 6.92 Å². The molecule has 15 nitrogen and oxygen atoms in total. The zero-order chi connectivity index (χ0) is 50.5. The minimum absolute atomic E-state index is 0.0415. The first-order valence-corrected chi connectivity index (χ1v) is 25.0. The molecule has 2 rings (SSSR count). The van der Waals surface area contributed by atoms with Gasteiger partial charge in [0.2, 0.25) is 0 Å². The Morgan fingerprint density at radius 2 is 1.43 bits per heavy atom. The van der Waals surface area contributed by atoms with Crippen molar-refractivity contribution in [1.82, 2.24) is 0 Å². The SMILES string of the molecule is CC=CC(C)C1OC1(C)C(O)C1COC(=O)C(O)C(OC)C(C)C(=O)C(C)C(OC(C)=O)C(C)=CC(C)C(=O)CC(O)C(O)(COC(=O)CCCCCCCCCCCCCCCCC)C1=O. The van der Waals surface area contributed by atoms with Crippen molar-refractivity contribution in [1.29, 1.82) is 0 Å². The Morgan fingerprint density at radius 1 is 0.896 bits per heavy atom. The molecule has 384 valence electrons. The Morgan fingerprint density at radius 3 is 1.94 bits per heavy atom. The van der Waals surface area contributed by atoms with Gasteiger partial charge in [0, 0.05) is 44.6 Å². The molecule has 0 aliphatic carbocycles. The average Bonchev–Trinajstić information content (AvgIpc) is 4.00. The zero-order valence-electron chi connectivity index (χ0n) is 42.3. The number of carbonyl (C=O) groups excluding carboxylic acids is 6. The normalized spacial score (nSPS) is 31.4. The van der Waals surface area contributed by atoms with Gasteiger partial charge in [-0.3, -0.25) is 24.0 Å². The molecule has 0 spiro atoms. The number of aliphatic hydroxyl groups excluding tert-OH is 3. The summed E-state index contributed by atoms with van der Waals surface area (Å²) in [6.07, 6.45) is 11.8. The van der Waals surface area contributed by atoms with Gasteiger partial charge in [-0.1, -0.05) is 143 Å². The molecule has 2 aliphatic rings. The predicted molar refractivity (Wildman–Crippen MR) is 252 cm³/mol. The third-order valence-corrected chi connectivity index (χ3v) is 13.8. The predicted octanol–water partition coefficient (Wildman–Crippen LogP) is 7.05. The van der Waals surface area contributed by atoms with E-state index in [1.165, 1.54) is 112 Å². The van der Waals surface area contributed by atoms with Gasteiger partial charge >= 0.3 is 17.9 Å². The van der Waals surface area contributed by atoms with Gasteiger partial charge in [0.15, 0.2) is 17.5 Å². The maximum absolute atomic E-state index is 14.8. The molecule has 0 aromatic carbocycles. The fourth-order valence-corrected chi connectivity index (χ4v) is 9.40. The standard InChI is InChI=1S/C52H86O15/c1-11-13-14-15-16-17-18-19-20-21-22-23-24-25-26-28-42(56)65-32-52(62)41(55)30-40(54)34(4)29-35(5)45(66-38(8)53)36(6)43(57)37(7)46(63-10)44(58)50(61)64-31-39(48(52)60)47(59)51(9)49(67-51)33(3)27-12-2/h12,27,29,33-34,36-37,39,41,44-47,49,55,58-59,62H,11,13-26,28,30-32H2,1-10H3. The number of aliphatic hydroxyl groups is 4. The van der Waals surface area contributed by atoms with E-state index in [0.29, 0.717) is 6.42 Å². The second kappa shape index (κ2) is 29.6. The monoisotopic (exact) mass is 951 g/mol. The van der Waals surface area contributed by atoms with E-state index in [9.17, 15) is 49.2 Å². The second-order valence-corrected chi connectivity index (χ2v) is 19.5. The minimum Gasteiger partial charge on any atom is -0.463 e. The van der Waals surface area contributed by atoms with E-state index in [4.69, 9.17) is 23.7 Å². The van der Waals surface area contributed by atoms with Crippen LogP contribution in [0.2, 0.25) is 0 Å². The number of hydrogen-bond acceptors (Lipinski definition) is 15. The molecule has 0 aromatic heterocycles. The van der Waals surface area contributed by atoms with Crippen LogP contribution >= 0.6 is 0 Å². The van der Waals surface area contributed by atoms with Gasteiger partial charge in [0.25, 0.3) is 0 Å². The van der Waals surface area contributed by atoms with Crippen LogP contribution < -0.4 is 0 Å². The van der Waals surface area contributed by atoms with Crippen molar-refractivity contribution in [3.05, 3.63) is 23.8 Å². The Bertz CT molecular complexity index is 1640. The zero-order valence-corrected chi connectivity index (χ0v) is 42.3. The molecule has 0 bridgehead atoms. The summed E-state index contributed by atoms with van der Waals surface area (Å²) in [4.78, 5) is 81.4. The number of ketones is 3. The first-order valence-electron chi connectivity index (χ1n) is 25.0. The molecule has 0 radical (unpaired) electrons. The number of cyclic esters (lactones) is 1. The van der Waals surface area contributed by atoms with Crippen LogP contribution in [0.5, 0.6) is 0 Å². The number of epoxide rings is 1. The number of Topliss-reactive ketones (excluding diaryl/α,β-unsaturated/α-hetero) is 3. The van der Waals surface area contributed by atoms with E-state index >= 15 is 0 Å². The number of hydrogen-bond donors (Lipinski definition) is 4. The summed E-state index contributed by atoms with van der Waals surface area (Å²) in [6, 6.07) is 0. The number of methoxy groups -OCH3 is 1. The fraction of sp³-hybridized carbons (Fsp3) is 0.808. The van der Waals surface area contributed by atoms with Crippen LogP contribution in [0, 0.1) is 29.6 Å². The molecule has 0 aromatic rings. The Balaban J connectivity index is 2.39. The summed E-state index contributed by atoms with van der Waals surface area (Å²) in [5.74, 6) is -10.8. The van der Waals surface area contributed by atoms with E-state index in [1.807, 2.05) is 13.0 Å². The molecule has 4 N–H and O–H groups in total. The van der Waals surface area contributed by atoms with Crippen LogP contribution in [-0.2, 0) is 52.5 Å². The molecular weight excluding hydrogens is 865 g/mol. The highest BCUT2D eigenvalue weighted by atomic mass is 16.6. The quantitative estimate of drug-likeness (QED) is 0.0250. The van der Waals surface area contributed by atoms with Crippen LogP contribution in [-0.4, -0.2) is 124 Å². The number of unbranched alkanes of at least 4 members (excludes halogenated alkanes) is 14. The molecule has 15 heteroatoms. The third kappa shape index (κ3) is 18.2. The van der Waals surface area contributed by atoms with Gasteiger partial charge in [-0.15, -0.1) is 0 Å². The van der Waals surface area contributed by atoms with Crippen LogP contribution in [0.1, 0.15) is 171 Å². The summed E-state index contributed by atoms with van der Waals surface area (Å²) >= 11 is 0. The molecule has 1 fully saturated rings. The Kier molecular flexibility index (Phi) is 26.4. The van der Waals surface area contributed by atoms with Gasteiger partial charge < -0.3 is 44.1 Å². The first kappa shape index (κ1) is 59.8. The largest absolute Gasteiger partial charge is 0.463 e. The fourth-order valence-electron chi connectivity index (χ4n) is 9.40. The number of esters is 3. The lowest BCUT2D eigenvalue weighted by Crippen LogP contribution is -2.60. The molecule has 0 amide bonds. The summed E-state index contributed by atoms with van der Waals surface area (Å²) in [5.41, 5.74) is -4.17. The minimum atomic E-state index is -3.03. The van der Waals surface area contributed by atoms with E-state index in [0.717, 1.165) is 32.6 Å². The number of carbonyl (C=O) groups is 6. The number of rotatable bonds is 24. The lowest BCUT2D eigenvalue weighted by atomic mass is 9.76. The van der Waals surface area contributed by atoms with Gasteiger partial charge in [-0.05, 0) is 32.8 Å². The highest BCUT2D eigenvalue weighted by Crippen LogP contribution is 2.47. The number of allylic oxidation sites excluding steroid dienone is 2. The van der Waals surface area contributed by atoms with E-state index < -0.39 is 126 Å². The van der Waals surface area contributed by atoms with Crippen LogP contribution in [0.25, 0.3) is 0 Å². The number of ether oxygens (including phenoxy) is 5. The van der Waals surface area contributed by atoms with Crippen LogP contribution in [0.3, 0.4) is 0 Å². The van der Waals surface area contributed by atoms with Gasteiger partial charge in [0.1, 0.15) is 48.7 Å². The summed E-state index contributed by atoms with van der Waals surface area (Å²) in [7, 11) is 1.17. The highest BCUT2D eigenvalue weighted by molar-refractivity contribution is 5.93. The molecule has 2 heterocycles. The molecule has 13 atom stereocenters. The van der Waals surface area contributed by atoms with E-state index in [-0.39, 0.29) is 17.9 Å². The third-order valence-electron chi connectivity index (χ3n) is 13.8. The maximum Gasteiger partial charge on any atom is 0.337 e. The van der Waals surface area contributed by atoms with Crippen molar-refractivity contribution in [2.75, 3.05) is 20.3 Å². The second-order valence-electron chi connectivity index (χ2n) is 19.5. The van der Waals surface area contributed by atoms with Gasteiger partial charge in [-0.2, -0.15) is 0 Å². The Labute approximate surface area is 400 Å². The van der Waals surface area contributed by atoms with Crippen molar-refractivity contribution >= 4 is 35.3 Å². The molecular formula is C52H86O15. The van der Waals surface area contributed by atoms with E-state index in [1.54, 1.807) is 13.0 Å². The highest BCUT2D eigenvalue weighted by Gasteiger charge is 2.63. The summed E-state index contributed by atoms with van der Waals surface area (Å²) < 4.78 is 27.8. The molecule has 0 saturated carbocycles. The van der Waals surface area contributed by atoms with Crippen LogP contribution in [0.4, 0.5) is 0 Å². The average molecular weight is 951 g/mol. The van der Waals surface area contributed by atoms with Gasteiger partial charge in [-0.25, -0.2) is 4.79 Å². The molecule has 13 unspecified atom stereocenters. The summed E-state index contributed by atoms with van der Waals surface area (Å²) in [5, 5.41) is 47.2. The molecule has 67 heavy (non-hydrogen) atoms. The van der Waals surface area contributed by atoms with Crippen molar-refractivity contribution in [2.45, 2.75) is 219 Å². The molecule has 2 aliphatic heterocycles. The van der Waals surface area contributed by atoms with Crippen molar-refractivity contribution in [2.24, 2.45) is 29.6 Å². The van der Waals surface area contributed by atoms with Crippen molar-refractivity contribution in [3.8, 4) is 0 Å². The maximum atomic E-state index is 14.8. The van der Waals surface area contributed by atoms with Gasteiger partial charge in [0.05, 0.1) is 24.0 Å². The lowest BCUT2D eigenvalue weighted by Gasteiger charge is -2.36. The van der Waals surface area contributed by atoms with Crippen molar-refractivity contribution in [3.63, 3.8) is 0 Å². The van der Waals surface area contributed by atoms with Crippen LogP contribution in [0.15, 0.2) is 23.8 Å². The smallest absolute Gasteiger partial charge is 0.337 e. The first-order chi connectivity index (χ1) is 31.6.